The molecule has 0 heterocycles. The maximum atomic E-state index is 12.5. The number of rotatable bonds is 8. The molecule has 174 valence electrons. The molecule has 3 aromatic carbocycles. The number of amides is 1. The number of para-hydroxylation sites is 1. The Bertz CT molecular complexity index is 1360. The number of nitrogens with zero attached hydrogens (tertiary/aromatic N) is 1. The van der Waals surface area contributed by atoms with Gasteiger partial charge in [0.1, 0.15) is 6.54 Å². The average Bonchev–Trinajstić information content (AvgIpc) is 2.74. The molecule has 8 nitrogen and oxygen atoms in total. The highest BCUT2D eigenvalue weighted by atomic mass is 35.5. The maximum Gasteiger partial charge on any atom is 0.261 e. The van der Waals surface area contributed by atoms with Crippen LogP contribution in [0.25, 0.3) is 0 Å². The second-order valence-corrected chi connectivity index (χ2v) is 11.3. The first-order valence-electron chi connectivity index (χ1n) is 9.37. The van der Waals surface area contributed by atoms with Crippen molar-refractivity contribution in [2.24, 2.45) is 0 Å². The van der Waals surface area contributed by atoms with Crippen LogP contribution in [0.1, 0.15) is 0 Å². The molecule has 0 aliphatic carbocycles. The standard InChI is InChI=1S/C21H19Cl2N3O5S2/c1-32(28,29)26(19-9-5-8-18(22)21(19)23)14-20(27)24-15-10-12-17(13-11-15)33(30,31)25-16-6-3-2-4-7-16/h2-13,25H,14H2,1H3,(H,24,27). The number of benzene rings is 3. The van der Waals surface area contributed by atoms with Gasteiger partial charge in [-0.25, -0.2) is 16.8 Å². The van der Waals surface area contributed by atoms with Gasteiger partial charge in [-0.2, -0.15) is 0 Å². The van der Waals surface area contributed by atoms with E-state index in [-0.39, 0.29) is 26.3 Å². The number of hydrogen-bond acceptors (Lipinski definition) is 5. The lowest BCUT2D eigenvalue weighted by atomic mass is 10.3. The van der Waals surface area contributed by atoms with Crippen LogP contribution in [0.15, 0.2) is 77.7 Å². The highest BCUT2D eigenvalue weighted by molar-refractivity contribution is 7.92. The Morgan fingerprint density at radius 1 is 0.848 bits per heavy atom. The van der Waals surface area contributed by atoms with E-state index in [4.69, 9.17) is 23.2 Å². The van der Waals surface area contributed by atoms with Gasteiger partial charge in [0.2, 0.25) is 15.9 Å². The molecular formula is C21H19Cl2N3O5S2. The predicted molar refractivity (Wildman–Crippen MR) is 131 cm³/mol. The van der Waals surface area contributed by atoms with E-state index >= 15 is 0 Å². The quantitative estimate of drug-likeness (QED) is 0.455. The molecule has 0 aliphatic heterocycles. The van der Waals surface area contributed by atoms with E-state index < -0.39 is 32.5 Å². The molecule has 0 radical (unpaired) electrons. The molecule has 12 heteroatoms. The lowest BCUT2D eigenvalue weighted by Crippen LogP contribution is -2.37. The third kappa shape index (κ3) is 6.38. The summed E-state index contributed by atoms with van der Waals surface area (Å²) in [7, 11) is -7.68. The Hall–Kier alpha value is -2.79. The van der Waals surface area contributed by atoms with E-state index in [0.29, 0.717) is 5.69 Å². The van der Waals surface area contributed by atoms with Crippen LogP contribution >= 0.6 is 23.2 Å². The van der Waals surface area contributed by atoms with Crippen LogP contribution in [0.4, 0.5) is 17.1 Å². The first kappa shape index (κ1) is 24.8. The number of nitrogens with one attached hydrogen (secondary N) is 2. The van der Waals surface area contributed by atoms with E-state index in [1.807, 2.05) is 0 Å². The predicted octanol–water partition coefficient (Wildman–Crippen LogP) is 4.20. The Morgan fingerprint density at radius 2 is 1.48 bits per heavy atom. The molecule has 1 amide bonds. The van der Waals surface area contributed by atoms with Crippen LogP contribution < -0.4 is 14.3 Å². The summed E-state index contributed by atoms with van der Waals surface area (Å²) in [6, 6.07) is 18.3. The largest absolute Gasteiger partial charge is 0.325 e. The fourth-order valence-corrected chi connectivity index (χ4v) is 5.20. The van der Waals surface area contributed by atoms with Crippen LogP contribution in [0.3, 0.4) is 0 Å². The minimum Gasteiger partial charge on any atom is -0.325 e. The van der Waals surface area contributed by atoms with Crippen LogP contribution in [0.5, 0.6) is 0 Å². The molecule has 0 aliphatic rings. The Balaban J connectivity index is 1.74. The Morgan fingerprint density at radius 3 is 2.09 bits per heavy atom. The van der Waals surface area contributed by atoms with Gasteiger partial charge in [0.05, 0.1) is 26.9 Å². The van der Waals surface area contributed by atoms with E-state index in [2.05, 4.69) is 10.0 Å². The van der Waals surface area contributed by atoms with Crippen LogP contribution in [-0.2, 0) is 24.8 Å². The summed E-state index contributed by atoms with van der Waals surface area (Å²) in [5, 5.41) is 2.68. The molecule has 0 saturated carbocycles. The summed E-state index contributed by atoms with van der Waals surface area (Å²) in [6.45, 7) is -0.561. The molecule has 0 aromatic heterocycles. The van der Waals surface area contributed by atoms with E-state index in [0.717, 1.165) is 10.6 Å². The Labute approximate surface area is 202 Å². The molecule has 0 spiro atoms. The van der Waals surface area contributed by atoms with Gasteiger partial charge in [0.15, 0.2) is 0 Å². The number of anilines is 3. The van der Waals surface area contributed by atoms with Crippen molar-refractivity contribution >= 4 is 66.2 Å². The fourth-order valence-electron chi connectivity index (χ4n) is 2.83. The van der Waals surface area contributed by atoms with Gasteiger partial charge < -0.3 is 5.32 Å². The van der Waals surface area contributed by atoms with Crippen molar-refractivity contribution < 1.29 is 21.6 Å². The van der Waals surface area contributed by atoms with E-state index in [1.54, 1.807) is 30.3 Å². The van der Waals surface area contributed by atoms with Crippen molar-refractivity contribution in [3.8, 4) is 0 Å². The molecule has 0 unspecified atom stereocenters. The lowest BCUT2D eigenvalue weighted by molar-refractivity contribution is -0.114. The van der Waals surface area contributed by atoms with Crippen molar-refractivity contribution in [3.63, 3.8) is 0 Å². The minimum atomic E-state index is -3.86. The molecule has 0 atom stereocenters. The van der Waals surface area contributed by atoms with Crippen molar-refractivity contribution in [2.75, 3.05) is 27.1 Å². The molecule has 0 saturated heterocycles. The number of sulfonamides is 2. The number of carbonyl (C=O) groups is 1. The summed E-state index contributed by atoms with van der Waals surface area (Å²) in [6.07, 6.45) is 0.941. The van der Waals surface area contributed by atoms with Crippen molar-refractivity contribution in [1.82, 2.24) is 0 Å². The second-order valence-electron chi connectivity index (χ2n) is 6.89. The molecule has 3 rings (SSSR count). The maximum absolute atomic E-state index is 12.5. The van der Waals surface area contributed by atoms with E-state index in [9.17, 15) is 21.6 Å². The van der Waals surface area contributed by atoms with Gasteiger partial charge in [0, 0.05) is 11.4 Å². The van der Waals surface area contributed by atoms with Gasteiger partial charge in [-0.05, 0) is 48.5 Å². The Kier molecular flexibility index (Phi) is 7.53. The zero-order valence-corrected chi connectivity index (χ0v) is 20.3. The summed E-state index contributed by atoms with van der Waals surface area (Å²) in [4.78, 5) is 12.5. The minimum absolute atomic E-state index is 0.00197. The SMILES string of the molecule is CS(=O)(=O)N(CC(=O)Nc1ccc(S(=O)(=O)Nc2ccccc2)cc1)c1cccc(Cl)c1Cl. The van der Waals surface area contributed by atoms with Crippen LogP contribution in [0, 0.1) is 0 Å². The van der Waals surface area contributed by atoms with Gasteiger partial charge in [0.25, 0.3) is 10.0 Å². The van der Waals surface area contributed by atoms with Crippen molar-refractivity contribution in [3.05, 3.63) is 82.8 Å². The lowest BCUT2D eigenvalue weighted by Gasteiger charge is -2.23. The molecule has 0 bridgehead atoms. The average molecular weight is 528 g/mol. The monoisotopic (exact) mass is 527 g/mol. The fraction of sp³-hybridized carbons (Fsp3) is 0.0952. The van der Waals surface area contributed by atoms with Gasteiger partial charge >= 0.3 is 0 Å². The zero-order valence-electron chi connectivity index (χ0n) is 17.2. The third-order valence-electron chi connectivity index (χ3n) is 4.36. The summed E-state index contributed by atoms with van der Waals surface area (Å²) in [5.74, 6) is -0.658. The summed E-state index contributed by atoms with van der Waals surface area (Å²) in [5.41, 5.74) is 0.759. The van der Waals surface area contributed by atoms with Gasteiger partial charge in [-0.3, -0.25) is 13.8 Å². The summed E-state index contributed by atoms with van der Waals surface area (Å²) < 4.78 is 52.8. The number of hydrogen-bond donors (Lipinski definition) is 2. The molecule has 3 aromatic rings. The molecular weight excluding hydrogens is 509 g/mol. The molecule has 0 fully saturated rings. The van der Waals surface area contributed by atoms with Gasteiger partial charge in [-0.15, -0.1) is 0 Å². The first-order valence-corrected chi connectivity index (χ1v) is 13.5. The third-order valence-corrected chi connectivity index (χ3v) is 7.69. The first-order chi connectivity index (χ1) is 15.5. The number of halogens is 2. The molecule has 33 heavy (non-hydrogen) atoms. The highest BCUT2D eigenvalue weighted by Crippen LogP contribution is 2.33. The normalized spacial score (nSPS) is 11.6. The topological polar surface area (TPSA) is 113 Å². The summed E-state index contributed by atoms with van der Waals surface area (Å²) >= 11 is 12.1. The van der Waals surface area contributed by atoms with Crippen LogP contribution in [-0.4, -0.2) is 35.5 Å². The second kappa shape index (κ2) is 10.0. The van der Waals surface area contributed by atoms with E-state index in [1.165, 1.54) is 42.5 Å². The number of carbonyl (C=O) groups excluding carboxylic acids is 1. The molecule has 2 N–H and O–H groups in total. The van der Waals surface area contributed by atoms with Crippen molar-refractivity contribution in [1.29, 1.82) is 0 Å². The van der Waals surface area contributed by atoms with Gasteiger partial charge in [-0.1, -0.05) is 47.5 Å². The highest BCUT2D eigenvalue weighted by Gasteiger charge is 2.24. The smallest absolute Gasteiger partial charge is 0.261 e. The zero-order chi connectivity index (χ0) is 24.2. The van der Waals surface area contributed by atoms with Crippen molar-refractivity contribution in [2.45, 2.75) is 4.90 Å². The van der Waals surface area contributed by atoms with Crippen LogP contribution in [0.2, 0.25) is 10.0 Å².